The van der Waals surface area contributed by atoms with E-state index in [1.54, 1.807) is 0 Å². The van der Waals surface area contributed by atoms with Crippen LogP contribution in [-0.2, 0) is 9.53 Å². The van der Waals surface area contributed by atoms with Gasteiger partial charge in [-0.25, -0.2) is 4.79 Å². The zero-order chi connectivity index (χ0) is 18.4. The third-order valence-electron chi connectivity index (χ3n) is 3.22. The lowest BCUT2D eigenvalue weighted by Gasteiger charge is -2.15. The van der Waals surface area contributed by atoms with Gasteiger partial charge in [-0.2, -0.15) is 0 Å². The van der Waals surface area contributed by atoms with Crippen molar-refractivity contribution in [2.75, 3.05) is 12.4 Å². The Morgan fingerprint density at radius 3 is 2.52 bits per heavy atom. The Kier molecular flexibility index (Phi) is 5.62. The molecule has 1 amide bonds. The van der Waals surface area contributed by atoms with Gasteiger partial charge in [0.1, 0.15) is 5.75 Å². The summed E-state index contributed by atoms with van der Waals surface area (Å²) in [6.07, 6.45) is 1.73. The van der Waals surface area contributed by atoms with Gasteiger partial charge < -0.3 is 14.8 Å². The molecular weight excluding hydrogens is 330 g/mol. The minimum atomic E-state index is -1.12. The van der Waals surface area contributed by atoms with Crippen LogP contribution in [0.1, 0.15) is 17.3 Å². The maximum Gasteiger partial charge on any atom is 0.339 e. The molecule has 0 fully saturated rings. The highest BCUT2D eigenvalue weighted by molar-refractivity contribution is 5.98. The largest absolute Gasteiger partial charge is 0.495 e. The summed E-state index contributed by atoms with van der Waals surface area (Å²) < 4.78 is 10.1. The predicted molar refractivity (Wildman–Crippen MR) is 87.4 cm³/mol. The van der Waals surface area contributed by atoms with Gasteiger partial charge in [-0.1, -0.05) is 0 Å². The maximum absolute atomic E-state index is 12.2. The van der Waals surface area contributed by atoms with E-state index in [1.165, 1.54) is 50.7 Å². The van der Waals surface area contributed by atoms with E-state index in [9.17, 15) is 19.7 Å². The summed E-state index contributed by atoms with van der Waals surface area (Å²) in [6.45, 7) is 1.39. The lowest BCUT2D eigenvalue weighted by atomic mass is 10.2. The number of benzene rings is 1. The van der Waals surface area contributed by atoms with Gasteiger partial charge in [0.25, 0.3) is 11.6 Å². The monoisotopic (exact) mass is 345 g/mol. The Labute approximate surface area is 142 Å². The molecule has 9 nitrogen and oxygen atoms in total. The van der Waals surface area contributed by atoms with Gasteiger partial charge in [0.2, 0.25) is 0 Å². The van der Waals surface area contributed by atoms with E-state index >= 15 is 0 Å². The van der Waals surface area contributed by atoms with E-state index in [0.29, 0.717) is 0 Å². The first-order valence-electron chi connectivity index (χ1n) is 7.16. The molecule has 0 spiro atoms. The van der Waals surface area contributed by atoms with Crippen molar-refractivity contribution < 1.29 is 24.0 Å². The maximum atomic E-state index is 12.2. The Morgan fingerprint density at radius 2 is 1.92 bits per heavy atom. The highest BCUT2D eigenvalue weighted by Gasteiger charge is 2.21. The van der Waals surface area contributed by atoms with E-state index in [1.807, 2.05) is 0 Å². The second-order valence-electron chi connectivity index (χ2n) is 4.91. The van der Waals surface area contributed by atoms with Crippen LogP contribution in [0.3, 0.4) is 0 Å². The predicted octanol–water partition coefficient (Wildman–Crippen LogP) is 2.18. The second kappa shape index (κ2) is 7.86. The molecule has 0 radical (unpaired) electrons. The van der Waals surface area contributed by atoms with Gasteiger partial charge in [-0.15, -0.1) is 0 Å². The summed E-state index contributed by atoms with van der Waals surface area (Å²) in [5.74, 6) is -1.09. The van der Waals surface area contributed by atoms with Crippen molar-refractivity contribution in [1.82, 2.24) is 4.98 Å². The minimum absolute atomic E-state index is 0.105. The van der Waals surface area contributed by atoms with Gasteiger partial charge in [0.15, 0.2) is 6.10 Å². The van der Waals surface area contributed by atoms with Gasteiger partial charge in [0, 0.05) is 24.5 Å². The highest BCUT2D eigenvalue weighted by Crippen LogP contribution is 2.29. The number of carbonyl (C=O) groups is 2. The lowest BCUT2D eigenvalue weighted by molar-refractivity contribution is -0.384. The van der Waals surface area contributed by atoms with Crippen LogP contribution >= 0.6 is 0 Å². The smallest absolute Gasteiger partial charge is 0.339 e. The summed E-state index contributed by atoms with van der Waals surface area (Å²) in [7, 11) is 1.36. The topological polar surface area (TPSA) is 121 Å². The number of carbonyl (C=O) groups excluding carboxylic acids is 2. The first-order chi connectivity index (χ1) is 11.9. The van der Waals surface area contributed by atoms with Crippen molar-refractivity contribution in [3.8, 4) is 5.75 Å². The van der Waals surface area contributed by atoms with Crippen molar-refractivity contribution in [2.24, 2.45) is 0 Å². The quantitative estimate of drug-likeness (QED) is 0.484. The number of hydrogen-bond donors (Lipinski definition) is 1. The Bertz CT molecular complexity index is 794. The molecule has 0 aliphatic rings. The molecule has 0 bridgehead atoms. The van der Waals surface area contributed by atoms with Gasteiger partial charge >= 0.3 is 5.97 Å². The number of amides is 1. The van der Waals surface area contributed by atoms with Crippen LogP contribution in [0, 0.1) is 10.1 Å². The number of nitro benzene ring substituents is 1. The molecule has 1 aromatic heterocycles. The van der Waals surface area contributed by atoms with E-state index in [2.05, 4.69) is 10.3 Å². The molecule has 25 heavy (non-hydrogen) atoms. The van der Waals surface area contributed by atoms with Crippen molar-refractivity contribution in [1.29, 1.82) is 0 Å². The summed E-state index contributed by atoms with van der Waals surface area (Å²) in [4.78, 5) is 38.2. The third kappa shape index (κ3) is 4.50. The molecule has 9 heteroatoms. The first-order valence-corrected chi connectivity index (χ1v) is 7.16. The number of nitrogens with one attached hydrogen (secondary N) is 1. The zero-order valence-electron chi connectivity index (χ0n) is 13.5. The Morgan fingerprint density at radius 1 is 1.24 bits per heavy atom. The number of rotatable bonds is 6. The number of esters is 1. The number of nitrogens with zero attached hydrogens (tertiary/aromatic N) is 2. The molecule has 1 atom stereocenters. The van der Waals surface area contributed by atoms with Crippen molar-refractivity contribution in [2.45, 2.75) is 13.0 Å². The fourth-order valence-electron chi connectivity index (χ4n) is 1.91. The van der Waals surface area contributed by atoms with Crippen LogP contribution in [0.15, 0.2) is 42.7 Å². The fraction of sp³-hybridized carbons (Fsp3) is 0.188. The molecule has 2 aromatic rings. The molecule has 0 aliphatic heterocycles. The fourth-order valence-corrected chi connectivity index (χ4v) is 1.91. The number of hydrogen-bond acceptors (Lipinski definition) is 7. The van der Waals surface area contributed by atoms with Crippen molar-refractivity contribution in [3.05, 3.63) is 58.4 Å². The highest BCUT2D eigenvalue weighted by atomic mass is 16.6. The van der Waals surface area contributed by atoms with Gasteiger partial charge in [-0.05, 0) is 25.1 Å². The molecule has 1 heterocycles. The van der Waals surface area contributed by atoms with Crippen LogP contribution in [0.2, 0.25) is 0 Å². The second-order valence-corrected chi connectivity index (χ2v) is 4.91. The average molecular weight is 345 g/mol. The molecule has 2 rings (SSSR count). The molecule has 0 saturated carbocycles. The molecule has 0 aliphatic carbocycles. The Hall–Kier alpha value is -3.49. The first kappa shape index (κ1) is 17.9. The summed E-state index contributed by atoms with van der Waals surface area (Å²) in [6, 6.07) is 6.68. The van der Waals surface area contributed by atoms with Crippen LogP contribution in [0.4, 0.5) is 11.4 Å². The normalized spacial score (nSPS) is 11.3. The van der Waals surface area contributed by atoms with Gasteiger partial charge in [-0.3, -0.25) is 19.9 Å². The number of nitro groups is 1. The molecule has 1 N–H and O–H groups in total. The molecule has 0 saturated heterocycles. The number of methoxy groups -OCH3 is 1. The number of aromatic nitrogens is 1. The van der Waals surface area contributed by atoms with Crippen LogP contribution in [-0.4, -0.2) is 35.0 Å². The van der Waals surface area contributed by atoms with Crippen LogP contribution in [0.5, 0.6) is 5.75 Å². The third-order valence-corrected chi connectivity index (χ3v) is 3.22. The van der Waals surface area contributed by atoms with Crippen LogP contribution < -0.4 is 10.1 Å². The Balaban J connectivity index is 2.09. The van der Waals surface area contributed by atoms with E-state index in [0.717, 1.165) is 6.07 Å². The number of pyridine rings is 1. The van der Waals surface area contributed by atoms with Crippen molar-refractivity contribution in [3.63, 3.8) is 0 Å². The molecule has 0 unspecified atom stereocenters. The van der Waals surface area contributed by atoms with E-state index < -0.39 is 22.9 Å². The molecule has 1 aromatic carbocycles. The summed E-state index contributed by atoms with van der Waals surface area (Å²) in [5.41, 5.74) is 0.147. The molecular formula is C16H15N3O6. The van der Waals surface area contributed by atoms with Gasteiger partial charge in [0.05, 0.1) is 23.3 Å². The standard InChI is InChI=1S/C16H15N3O6/c1-10(25-16(21)11-5-7-17-8-6-11)15(20)18-13-9-12(19(22)23)3-4-14(13)24-2/h3-10H,1-2H3,(H,18,20)/t10-/m1/s1. The molecule has 130 valence electrons. The summed E-state index contributed by atoms with van der Waals surface area (Å²) in [5, 5.41) is 13.3. The van der Waals surface area contributed by atoms with E-state index in [4.69, 9.17) is 9.47 Å². The number of non-ortho nitro benzene ring substituents is 1. The number of ether oxygens (including phenoxy) is 2. The minimum Gasteiger partial charge on any atom is -0.495 e. The summed E-state index contributed by atoms with van der Waals surface area (Å²) >= 11 is 0. The van der Waals surface area contributed by atoms with Crippen molar-refractivity contribution >= 4 is 23.3 Å². The SMILES string of the molecule is COc1ccc([N+](=O)[O-])cc1NC(=O)[C@@H](C)OC(=O)c1ccncc1. The average Bonchev–Trinajstić information content (AvgIpc) is 2.62. The zero-order valence-corrected chi connectivity index (χ0v) is 13.5. The number of anilines is 1. The lowest BCUT2D eigenvalue weighted by Crippen LogP contribution is -2.30. The van der Waals surface area contributed by atoms with E-state index in [-0.39, 0.29) is 22.7 Å². The van der Waals surface area contributed by atoms with Crippen LogP contribution in [0.25, 0.3) is 0 Å².